The average Bonchev–Trinajstić information content (AvgIpc) is 2.90. The fourth-order valence-corrected chi connectivity index (χ4v) is 2.25. The quantitative estimate of drug-likeness (QED) is 0.780. The molecule has 114 valence electrons. The predicted molar refractivity (Wildman–Crippen MR) is 85.6 cm³/mol. The number of hydrogen-bond acceptors (Lipinski definition) is 5. The molecule has 0 saturated heterocycles. The maximum Gasteiger partial charge on any atom is 0.134 e. The molecule has 2 N–H and O–H groups in total. The predicted octanol–water partition coefficient (Wildman–Crippen LogP) is 2.25. The summed E-state index contributed by atoms with van der Waals surface area (Å²) in [5.74, 6) is 1.87. The monoisotopic (exact) mass is 288 g/mol. The number of aromatic nitrogens is 4. The zero-order valence-corrected chi connectivity index (χ0v) is 13.1. The van der Waals surface area contributed by atoms with Gasteiger partial charge in [0.2, 0.25) is 0 Å². The Morgan fingerprint density at radius 2 is 1.81 bits per heavy atom. The Labute approximate surface area is 126 Å². The molecule has 0 aliphatic carbocycles. The molecule has 21 heavy (non-hydrogen) atoms. The van der Waals surface area contributed by atoms with Crippen LogP contribution in [0.25, 0.3) is 0 Å². The summed E-state index contributed by atoms with van der Waals surface area (Å²) in [5, 5.41) is 11.0. The number of nitrogens with zero attached hydrogens (tertiary/aromatic N) is 4. The van der Waals surface area contributed by atoms with Gasteiger partial charge in [0.25, 0.3) is 0 Å². The van der Waals surface area contributed by atoms with E-state index in [1.165, 1.54) is 5.69 Å². The number of anilines is 2. The lowest BCUT2D eigenvalue weighted by Crippen LogP contribution is -2.13. The molecule has 2 rings (SSSR count). The Kier molecular flexibility index (Phi) is 5.54. The number of hydrogen-bond donors (Lipinski definition) is 2. The maximum atomic E-state index is 4.37. The first-order valence-electron chi connectivity index (χ1n) is 7.54. The minimum atomic E-state index is 0.830. The summed E-state index contributed by atoms with van der Waals surface area (Å²) in [7, 11) is 1.96. The topological polar surface area (TPSA) is 67.7 Å². The summed E-state index contributed by atoms with van der Waals surface area (Å²) in [6.45, 7) is 6.03. The van der Waals surface area contributed by atoms with Crippen LogP contribution in [0.5, 0.6) is 0 Å². The van der Waals surface area contributed by atoms with E-state index < -0.39 is 0 Å². The van der Waals surface area contributed by atoms with Gasteiger partial charge in [0.05, 0.1) is 0 Å². The second kappa shape index (κ2) is 7.61. The van der Waals surface area contributed by atoms with Crippen molar-refractivity contribution in [3.8, 4) is 0 Å². The highest BCUT2D eigenvalue weighted by Crippen LogP contribution is 2.20. The van der Waals surface area contributed by atoms with Crippen molar-refractivity contribution in [1.82, 2.24) is 19.7 Å². The molecular formula is C15H24N6. The van der Waals surface area contributed by atoms with E-state index >= 15 is 0 Å². The van der Waals surface area contributed by atoms with Gasteiger partial charge in [-0.05, 0) is 18.9 Å². The van der Waals surface area contributed by atoms with E-state index in [1.54, 1.807) is 6.33 Å². The van der Waals surface area contributed by atoms with Gasteiger partial charge in [-0.25, -0.2) is 9.97 Å². The van der Waals surface area contributed by atoms with Crippen LogP contribution in [0.15, 0.2) is 18.6 Å². The zero-order valence-electron chi connectivity index (χ0n) is 13.1. The van der Waals surface area contributed by atoms with Crippen molar-refractivity contribution in [1.29, 1.82) is 0 Å². The Bertz CT molecular complexity index is 563. The fraction of sp³-hybridized carbons (Fsp3) is 0.533. The summed E-state index contributed by atoms with van der Waals surface area (Å²) in [6, 6.07) is 2.04. The van der Waals surface area contributed by atoms with Crippen molar-refractivity contribution in [2.24, 2.45) is 7.05 Å². The molecule has 2 aromatic heterocycles. The third-order valence-corrected chi connectivity index (χ3v) is 3.44. The third-order valence-electron chi connectivity index (χ3n) is 3.44. The summed E-state index contributed by atoms with van der Waals surface area (Å²) >= 11 is 0. The molecule has 6 heteroatoms. The Morgan fingerprint density at radius 3 is 2.38 bits per heavy atom. The van der Waals surface area contributed by atoms with Crippen LogP contribution < -0.4 is 10.6 Å². The smallest absolute Gasteiger partial charge is 0.134 e. The van der Waals surface area contributed by atoms with Crippen molar-refractivity contribution >= 4 is 11.6 Å². The van der Waals surface area contributed by atoms with E-state index in [2.05, 4.69) is 39.5 Å². The van der Waals surface area contributed by atoms with Crippen molar-refractivity contribution < 1.29 is 0 Å². The molecule has 0 bridgehead atoms. The molecule has 0 amide bonds. The van der Waals surface area contributed by atoms with Gasteiger partial charge < -0.3 is 10.6 Å². The number of nitrogens with one attached hydrogen (secondary N) is 2. The summed E-state index contributed by atoms with van der Waals surface area (Å²) in [4.78, 5) is 8.72. The molecule has 0 saturated carbocycles. The maximum absolute atomic E-state index is 4.37. The molecule has 0 unspecified atom stereocenters. The van der Waals surface area contributed by atoms with Crippen LogP contribution >= 0.6 is 0 Å². The lowest BCUT2D eigenvalue weighted by Gasteiger charge is -2.14. The minimum Gasteiger partial charge on any atom is -0.370 e. The van der Waals surface area contributed by atoms with Crippen LogP contribution in [-0.4, -0.2) is 32.8 Å². The summed E-state index contributed by atoms with van der Waals surface area (Å²) in [6.07, 6.45) is 6.34. The first-order valence-corrected chi connectivity index (χ1v) is 7.54. The van der Waals surface area contributed by atoms with E-state index in [9.17, 15) is 0 Å². The van der Waals surface area contributed by atoms with Gasteiger partial charge in [-0.15, -0.1) is 0 Å². The highest BCUT2D eigenvalue weighted by Gasteiger charge is 2.09. The van der Waals surface area contributed by atoms with Crippen molar-refractivity contribution in [2.75, 3.05) is 23.7 Å². The van der Waals surface area contributed by atoms with Crippen LogP contribution in [-0.2, 0) is 19.9 Å². The molecule has 6 nitrogen and oxygen atoms in total. The standard InChI is InChI=1S/C15H24N6/c1-4-8-16-14-13(5-2)15(19-11-18-14)17-9-6-12-7-10-20-21(12)3/h7,10-11H,4-6,8-9H2,1-3H3,(H2,16,17,18,19). The molecule has 0 fully saturated rings. The largest absolute Gasteiger partial charge is 0.370 e. The van der Waals surface area contributed by atoms with Crippen LogP contribution in [0.4, 0.5) is 11.6 Å². The lowest BCUT2D eigenvalue weighted by molar-refractivity contribution is 0.710. The van der Waals surface area contributed by atoms with E-state index in [4.69, 9.17) is 0 Å². The Balaban J connectivity index is 2.00. The molecule has 2 heterocycles. The van der Waals surface area contributed by atoms with E-state index in [-0.39, 0.29) is 0 Å². The third kappa shape index (κ3) is 3.93. The van der Waals surface area contributed by atoms with Gasteiger partial charge in [-0.3, -0.25) is 4.68 Å². The fourth-order valence-electron chi connectivity index (χ4n) is 2.25. The molecule has 0 radical (unpaired) electrons. The molecule has 0 aliphatic rings. The van der Waals surface area contributed by atoms with Gasteiger partial charge in [0.15, 0.2) is 0 Å². The van der Waals surface area contributed by atoms with Crippen LogP contribution in [0.3, 0.4) is 0 Å². The first-order chi connectivity index (χ1) is 10.3. The van der Waals surface area contributed by atoms with E-state index in [0.717, 1.165) is 49.6 Å². The highest BCUT2D eigenvalue weighted by molar-refractivity contribution is 5.57. The van der Waals surface area contributed by atoms with Gasteiger partial charge in [-0.2, -0.15) is 5.10 Å². The van der Waals surface area contributed by atoms with Gasteiger partial charge in [-0.1, -0.05) is 13.8 Å². The zero-order chi connectivity index (χ0) is 15.1. The number of rotatable bonds is 8. The average molecular weight is 288 g/mol. The van der Waals surface area contributed by atoms with Crippen LogP contribution in [0.2, 0.25) is 0 Å². The molecule has 0 aromatic carbocycles. The SMILES string of the molecule is CCCNc1ncnc(NCCc2ccnn2C)c1CC. The van der Waals surface area contributed by atoms with E-state index in [0.29, 0.717) is 0 Å². The van der Waals surface area contributed by atoms with Crippen molar-refractivity contribution in [2.45, 2.75) is 33.1 Å². The first kappa shape index (κ1) is 15.3. The molecule has 0 aliphatic heterocycles. The number of aryl methyl sites for hydroxylation is 1. The van der Waals surface area contributed by atoms with Gasteiger partial charge in [0, 0.05) is 44.0 Å². The lowest BCUT2D eigenvalue weighted by atomic mass is 10.2. The normalized spacial score (nSPS) is 10.6. The molecule has 0 atom stereocenters. The van der Waals surface area contributed by atoms with E-state index in [1.807, 2.05) is 24.0 Å². The van der Waals surface area contributed by atoms with Crippen molar-refractivity contribution in [3.05, 3.63) is 29.8 Å². The van der Waals surface area contributed by atoms with Gasteiger partial charge in [0.1, 0.15) is 18.0 Å². The molecule has 2 aromatic rings. The summed E-state index contributed by atoms with van der Waals surface area (Å²) in [5.41, 5.74) is 2.36. The minimum absolute atomic E-state index is 0.830. The highest BCUT2D eigenvalue weighted by atomic mass is 15.3. The Morgan fingerprint density at radius 1 is 1.10 bits per heavy atom. The van der Waals surface area contributed by atoms with Gasteiger partial charge >= 0.3 is 0 Å². The Hall–Kier alpha value is -2.11. The molecular weight excluding hydrogens is 264 g/mol. The summed E-state index contributed by atoms with van der Waals surface area (Å²) < 4.78 is 1.90. The molecule has 0 spiro atoms. The van der Waals surface area contributed by atoms with Crippen LogP contribution in [0.1, 0.15) is 31.5 Å². The van der Waals surface area contributed by atoms with Crippen LogP contribution in [0, 0.1) is 0 Å². The second-order valence-corrected chi connectivity index (χ2v) is 4.95. The second-order valence-electron chi connectivity index (χ2n) is 4.95. The van der Waals surface area contributed by atoms with Crippen molar-refractivity contribution in [3.63, 3.8) is 0 Å².